The van der Waals surface area contributed by atoms with Gasteiger partial charge in [-0.05, 0) is 45.0 Å². The lowest BCUT2D eigenvalue weighted by atomic mass is 10.1. The van der Waals surface area contributed by atoms with E-state index >= 15 is 0 Å². The lowest BCUT2D eigenvalue weighted by Crippen LogP contribution is -2.20. The molecular weight excluding hydrogens is 184 g/mol. The van der Waals surface area contributed by atoms with Crippen LogP contribution in [-0.4, -0.2) is 11.6 Å². The van der Waals surface area contributed by atoms with Crippen LogP contribution < -0.4 is 5.32 Å². The topological polar surface area (TPSA) is 17.0 Å². The predicted molar refractivity (Wildman–Crippen MR) is 66.5 cm³/mol. The van der Waals surface area contributed by atoms with E-state index in [0.29, 0.717) is 0 Å². The Kier molecular flexibility index (Phi) is 2.22. The number of nitrogens with one attached hydrogen (secondary N) is 1. The summed E-state index contributed by atoms with van der Waals surface area (Å²) in [4.78, 5) is 0. The Bertz CT molecular complexity index is 475. The molecule has 0 saturated heterocycles. The molecule has 0 spiro atoms. The molecule has 80 valence electrons. The van der Waals surface area contributed by atoms with Crippen molar-refractivity contribution in [3.63, 3.8) is 0 Å². The molecule has 1 heterocycles. The Hall–Kier alpha value is -1.44. The van der Waals surface area contributed by atoms with Crippen LogP contribution in [0.5, 0.6) is 0 Å². The molecule has 0 aliphatic rings. The number of nitrogens with zero attached hydrogens (tertiary/aromatic N) is 1. The second-order valence-corrected chi connectivity index (χ2v) is 4.88. The Morgan fingerprint density at radius 1 is 1.13 bits per heavy atom. The summed E-state index contributed by atoms with van der Waals surface area (Å²) in [5, 5.41) is 4.45. The Balaban J connectivity index is 2.62. The van der Waals surface area contributed by atoms with Gasteiger partial charge in [-0.15, -0.1) is 0 Å². The SMILES string of the molecule is CNc1ccc2c(ccn2C(C)(C)C)c1. The summed E-state index contributed by atoms with van der Waals surface area (Å²) in [5.41, 5.74) is 2.60. The first kappa shape index (κ1) is 10.1. The normalized spacial score (nSPS) is 12.0. The first-order valence-corrected chi connectivity index (χ1v) is 5.32. The van der Waals surface area contributed by atoms with Gasteiger partial charge in [0.1, 0.15) is 0 Å². The average molecular weight is 202 g/mol. The summed E-state index contributed by atoms with van der Waals surface area (Å²) in [7, 11) is 1.95. The van der Waals surface area contributed by atoms with Gasteiger partial charge in [-0.25, -0.2) is 0 Å². The Morgan fingerprint density at radius 2 is 1.87 bits per heavy atom. The van der Waals surface area contributed by atoms with E-state index in [4.69, 9.17) is 0 Å². The molecule has 0 atom stereocenters. The smallest absolute Gasteiger partial charge is 0.0486 e. The first-order valence-electron chi connectivity index (χ1n) is 5.32. The average Bonchev–Trinajstić information content (AvgIpc) is 2.59. The number of hydrogen-bond donors (Lipinski definition) is 1. The molecule has 2 heteroatoms. The van der Waals surface area contributed by atoms with Crippen molar-refractivity contribution >= 4 is 16.6 Å². The highest BCUT2D eigenvalue weighted by molar-refractivity contribution is 5.84. The maximum Gasteiger partial charge on any atom is 0.0486 e. The predicted octanol–water partition coefficient (Wildman–Crippen LogP) is 3.44. The van der Waals surface area contributed by atoms with Gasteiger partial charge in [-0.3, -0.25) is 0 Å². The number of aromatic nitrogens is 1. The van der Waals surface area contributed by atoms with Gasteiger partial charge in [0.2, 0.25) is 0 Å². The van der Waals surface area contributed by atoms with Crippen molar-refractivity contribution in [1.29, 1.82) is 0 Å². The van der Waals surface area contributed by atoms with Gasteiger partial charge in [0.25, 0.3) is 0 Å². The fraction of sp³-hybridized carbons (Fsp3) is 0.385. The molecule has 0 bridgehead atoms. The minimum absolute atomic E-state index is 0.142. The number of hydrogen-bond acceptors (Lipinski definition) is 1. The van der Waals surface area contributed by atoms with Crippen LogP contribution in [0.15, 0.2) is 30.5 Å². The number of anilines is 1. The highest BCUT2D eigenvalue weighted by Crippen LogP contribution is 2.25. The molecule has 0 fully saturated rings. The van der Waals surface area contributed by atoms with Gasteiger partial charge >= 0.3 is 0 Å². The van der Waals surface area contributed by atoms with Gasteiger partial charge in [-0.1, -0.05) is 0 Å². The van der Waals surface area contributed by atoms with Crippen LogP contribution in [0.2, 0.25) is 0 Å². The van der Waals surface area contributed by atoms with E-state index in [-0.39, 0.29) is 5.54 Å². The summed E-state index contributed by atoms with van der Waals surface area (Å²) < 4.78 is 2.31. The Morgan fingerprint density at radius 3 is 2.47 bits per heavy atom. The lowest BCUT2D eigenvalue weighted by molar-refractivity contribution is 0.411. The fourth-order valence-electron chi connectivity index (χ4n) is 1.88. The van der Waals surface area contributed by atoms with Gasteiger partial charge < -0.3 is 9.88 Å². The molecule has 2 nitrogen and oxygen atoms in total. The van der Waals surface area contributed by atoms with Crippen LogP contribution in [0, 0.1) is 0 Å². The van der Waals surface area contributed by atoms with Crippen LogP contribution in [-0.2, 0) is 5.54 Å². The third-order valence-electron chi connectivity index (χ3n) is 2.70. The molecule has 0 amide bonds. The van der Waals surface area contributed by atoms with Crippen LogP contribution in [0.25, 0.3) is 10.9 Å². The van der Waals surface area contributed by atoms with E-state index in [0.717, 1.165) is 5.69 Å². The highest BCUT2D eigenvalue weighted by atomic mass is 15.0. The summed E-state index contributed by atoms with van der Waals surface area (Å²) >= 11 is 0. The monoisotopic (exact) mass is 202 g/mol. The first-order chi connectivity index (χ1) is 7.02. The van der Waals surface area contributed by atoms with Crippen LogP contribution in [0.1, 0.15) is 20.8 Å². The second-order valence-electron chi connectivity index (χ2n) is 4.88. The minimum Gasteiger partial charge on any atom is -0.388 e. The van der Waals surface area contributed by atoms with E-state index in [1.807, 2.05) is 7.05 Å². The van der Waals surface area contributed by atoms with Gasteiger partial charge in [0, 0.05) is 35.4 Å². The second kappa shape index (κ2) is 3.30. The van der Waals surface area contributed by atoms with Crippen molar-refractivity contribution in [3.8, 4) is 0 Å². The van der Waals surface area contributed by atoms with E-state index in [1.54, 1.807) is 0 Å². The summed E-state index contributed by atoms with van der Waals surface area (Å²) in [6, 6.07) is 8.63. The van der Waals surface area contributed by atoms with E-state index < -0.39 is 0 Å². The van der Waals surface area contributed by atoms with Crippen molar-refractivity contribution in [1.82, 2.24) is 4.57 Å². The zero-order valence-corrected chi connectivity index (χ0v) is 9.83. The van der Waals surface area contributed by atoms with Gasteiger partial charge in [0.15, 0.2) is 0 Å². The summed E-state index contributed by atoms with van der Waals surface area (Å²) in [5.74, 6) is 0. The highest BCUT2D eigenvalue weighted by Gasteiger charge is 2.14. The van der Waals surface area contributed by atoms with E-state index in [9.17, 15) is 0 Å². The molecule has 1 aromatic carbocycles. The largest absolute Gasteiger partial charge is 0.388 e. The maximum absolute atomic E-state index is 3.16. The Labute approximate surface area is 90.9 Å². The van der Waals surface area contributed by atoms with Gasteiger partial charge in [0.05, 0.1) is 0 Å². The summed E-state index contributed by atoms with van der Waals surface area (Å²) in [6.45, 7) is 6.66. The molecular formula is C13H18N2. The van der Waals surface area contributed by atoms with Crippen molar-refractivity contribution in [2.24, 2.45) is 0 Å². The molecule has 2 rings (SSSR count). The molecule has 0 unspecified atom stereocenters. The summed E-state index contributed by atoms with van der Waals surface area (Å²) in [6.07, 6.45) is 2.16. The quantitative estimate of drug-likeness (QED) is 0.749. The molecule has 0 radical (unpaired) electrons. The number of benzene rings is 1. The van der Waals surface area contributed by atoms with Crippen molar-refractivity contribution in [2.75, 3.05) is 12.4 Å². The zero-order chi connectivity index (χ0) is 11.1. The van der Waals surface area contributed by atoms with E-state index in [1.165, 1.54) is 10.9 Å². The number of rotatable bonds is 1. The molecule has 2 aromatic rings. The third kappa shape index (κ3) is 1.72. The van der Waals surface area contributed by atoms with Crippen molar-refractivity contribution < 1.29 is 0 Å². The number of fused-ring (bicyclic) bond motifs is 1. The fourth-order valence-corrected chi connectivity index (χ4v) is 1.88. The molecule has 0 aliphatic heterocycles. The molecule has 15 heavy (non-hydrogen) atoms. The van der Waals surface area contributed by atoms with E-state index in [2.05, 4.69) is 61.1 Å². The van der Waals surface area contributed by atoms with Crippen LogP contribution in [0.3, 0.4) is 0 Å². The van der Waals surface area contributed by atoms with Crippen molar-refractivity contribution in [3.05, 3.63) is 30.5 Å². The molecule has 1 N–H and O–H groups in total. The molecule has 0 aliphatic carbocycles. The maximum atomic E-state index is 3.16. The molecule has 0 saturated carbocycles. The zero-order valence-electron chi connectivity index (χ0n) is 9.83. The van der Waals surface area contributed by atoms with Crippen molar-refractivity contribution in [2.45, 2.75) is 26.3 Å². The molecule has 1 aromatic heterocycles. The van der Waals surface area contributed by atoms with Crippen LogP contribution >= 0.6 is 0 Å². The standard InChI is InChI=1S/C13H18N2/c1-13(2,3)15-8-7-10-9-11(14-4)5-6-12(10)15/h5-9,14H,1-4H3. The van der Waals surface area contributed by atoms with Gasteiger partial charge in [-0.2, -0.15) is 0 Å². The minimum atomic E-state index is 0.142. The van der Waals surface area contributed by atoms with Crippen LogP contribution in [0.4, 0.5) is 5.69 Å². The lowest BCUT2D eigenvalue weighted by Gasteiger charge is -2.22. The third-order valence-corrected chi connectivity index (χ3v) is 2.70.